The lowest BCUT2D eigenvalue weighted by molar-refractivity contribution is -0.126. The molecule has 3 aliphatic rings. The summed E-state index contributed by atoms with van der Waals surface area (Å²) in [5, 5.41) is 0.574. The number of amides is 2. The summed E-state index contributed by atoms with van der Waals surface area (Å²) in [4.78, 5) is 26.5. The number of hydrogen-bond acceptors (Lipinski definition) is 3. The van der Waals surface area contributed by atoms with Crippen LogP contribution in [0.4, 0.5) is 5.69 Å². The highest BCUT2D eigenvalue weighted by molar-refractivity contribution is 6.31. The Labute approximate surface area is 121 Å². The van der Waals surface area contributed by atoms with Gasteiger partial charge in [0.15, 0.2) is 0 Å². The van der Waals surface area contributed by atoms with Crippen molar-refractivity contribution >= 4 is 29.1 Å². The summed E-state index contributed by atoms with van der Waals surface area (Å²) in [5.74, 6) is -1.18. The molecular weight excluding hydrogens is 278 g/mol. The molecule has 4 rings (SSSR count). The first-order valence-corrected chi connectivity index (χ1v) is 6.90. The summed E-state index contributed by atoms with van der Waals surface area (Å²) in [6.45, 7) is 1.87. The zero-order valence-electron chi connectivity index (χ0n) is 10.7. The maximum absolute atomic E-state index is 12.6. The van der Waals surface area contributed by atoms with Crippen LogP contribution in [-0.4, -0.2) is 23.5 Å². The number of benzene rings is 1. The third-order valence-electron chi connectivity index (χ3n) is 4.41. The van der Waals surface area contributed by atoms with E-state index in [-0.39, 0.29) is 17.9 Å². The summed E-state index contributed by atoms with van der Waals surface area (Å²) in [6.07, 6.45) is 3.51. The number of imide groups is 1. The minimum atomic E-state index is -0.650. The zero-order chi connectivity index (χ0) is 14.1. The first-order chi connectivity index (χ1) is 9.51. The summed E-state index contributed by atoms with van der Waals surface area (Å²) in [5.41, 5.74) is -0.0784. The lowest BCUT2D eigenvalue weighted by atomic mass is 9.78. The van der Waals surface area contributed by atoms with Crippen molar-refractivity contribution in [1.29, 1.82) is 0 Å². The molecule has 4 nitrogen and oxygen atoms in total. The summed E-state index contributed by atoms with van der Waals surface area (Å²) in [7, 11) is 0. The number of hydrogen-bond donors (Lipinski definition) is 0. The Morgan fingerprint density at radius 2 is 1.90 bits per heavy atom. The SMILES string of the molecule is C[C@]12C=C[C@@H](O1)[C@@H]1C(=O)N(c3ccc(Cl)cc3)C(=O)[C@@H]12. The van der Waals surface area contributed by atoms with E-state index in [9.17, 15) is 9.59 Å². The van der Waals surface area contributed by atoms with Crippen molar-refractivity contribution in [3.63, 3.8) is 0 Å². The fraction of sp³-hybridized carbons (Fsp3) is 0.333. The van der Waals surface area contributed by atoms with Gasteiger partial charge in [0.05, 0.1) is 29.2 Å². The van der Waals surface area contributed by atoms with E-state index in [2.05, 4.69) is 0 Å². The molecule has 2 fully saturated rings. The van der Waals surface area contributed by atoms with E-state index in [1.165, 1.54) is 4.90 Å². The molecule has 0 radical (unpaired) electrons. The Bertz CT molecular complexity index is 654. The van der Waals surface area contributed by atoms with E-state index in [4.69, 9.17) is 16.3 Å². The van der Waals surface area contributed by atoms with Crippen molar-refractivity contribution in [3.05, 3.63) is 41.4 Å². The van der Waals surface area contributed by atoms with E-state index in [0.717, 1.165) is 0 Å². The van der Waals surface area contributed by atoms with Gasteiger partial charge in [0.1, 0.15) is 0 Å². The van der Waals surface area contributed by atoms with Crippen LogP contribution in [0, 0.1) is 11.8 Å². The molecule has 102 valence electrons. The van der Waals surface area contributed by atoms with Crippen LogP contribution in [0.5, 0.6) is 0 Å². The van der Waals surface area contributed by atoms with Crippen LogP contribution in [-0.2, 0) is 14.3 Å². The van der Waals surface area contributed by atoms with Gasteiger partial charge in [-0.05, 0) is 31.2 Å². The van der Waals surface area contributed by atoms with Crippen LogP contribution in [0.3, 0.4) is 0 Å². The second-order valence-electron chi connectivity index (χ2n) is 5.62. The largest absolute Gasteiger partial charge is 0.362 e. The van der Waals surface area contributed by atoms with Crippen LogP contribution in [0.2, 0.25) is 5.02 Å². The maximum atomic E-state index is 12.6. The Balaban J connectivity index is 1.77. The molecule has 0 N–H and O–H groups in total. The molecule has 20 heavy (non-hydrogen) atoms. The van der Waals surface area contributed by atoms with Gasteiger partial charge in [0.25, 0.3) is 0 Å². The average molecular weight is 290 g/mol. The van der Waals surface area contributed by atoms with E-state index < -0.39 is 17.4 Å². The molecule has 0 aliphatic carbocycles. The molecule has 0 unspecified atom stereocenters. The van der Waals surface area contributed by atoms with Gasteiger partial charge in [-0.15, -0.1) is 0 Å². The van der Waals surface area contributed by atoms with Gasteiger partial charge < -0.3 is 4.74 Å². The van der Waals surface area contributed by atoms with E-state index in [1.54, 1.807) is 24.3 Å². The van der Waals surface area contributed by atoms with Gasteiger partial charge in [0, 0.05) is 5.02 Å². The molecule has 1 aromatic carbocycles. The predicted octanol–water partition coefficient (Wildman–Crippen LogP) is 2.17. The molecule has 2 saturated heterocycles. The van der Waals surface area contributed by atoms with Crippen LogP contribution >= 0.6 is 11.6 Å². The molecule has 5 heteroatoms. The predicted molar refractivity (Wildman–Crippen MR) is 73.3 cm³/mol. The molecule has 0 aromatic heterocycles. The normalized spacial score (nSPS) is 37.9. The van der Waals surface area contributed by atoms with E-state index in [0.29, 0.717) is 10.7 Å². The molecule has 3 aliphatic heterocycles. The lowest BCUT2D eigenvalue weighted by Gasteiger charge is -2.24. The highest BCUT2D eigenvalue weighted by Gasteiger charge is 2.65. The Kier molecular flexibility index (Phi) is 2.25. The number of rotatable bonds is 1. The van der Waals surface area contributed by atoms with Gasteiger partial charge >= 0.3 is 0 Å². The molecule has 4 atom stereocenters. The molecule has 0 saturated carbocycles. The first-order valence-electron chi connectivity index (χ1n) is 6.52. The molecule has 2 bridgehead atoms. The van der Waals surface area contributed by atoms with Crippen molar-refractivity contribution in [2.24, 2.45) is 11.8 Å². The Hall–Kier alpha value is -1.65. The standard InChI is InChI=1S/C15H12ClNO3/c1-15-7-6-10(20-15)11-12(15)14(19)17(13(11)18)9-4-2-8(16)3-5-9/h2-7,10-12H,1H3/t10-,11+,12-,15-/m1/s1. The third-order valence-corrected chi connectivity index (χ3v) is 4.67. The first kappa shape index (κ1) is 12.1. The minimum absolute atomic E-state index is 0.180. The van der Waals surface area contributed by atoms with Crippen molar-refractivity contribution in [1.82, 2.24) is 0 Å². The molecule has 2 amide bonds. The molecule has 1 aromatic rings. The monoisotopic (exact) mass is 289 g/mol. The lowest BCUT2D eigenvalue weighted by Crippen LogP contribution is -2.38. The maximum Gasteiger partial charge on any atom is 0.241 e. The summed E-state index contributed by atoms with van der Waals surface area (Å²) >= 11 is 5.85. The molecular formula is C15H12ClNO3. The van der Waals surface area contributed by atoms with E-state index >= 15 is 0 Å². The fourth-order valence-electron chi connectivity index (χ4n) is 3.50. The molecule has 0 spiro atoms. The van der Waals surface area contributed by atoms with Gasteiger partial charge in [-0.25, -0.2) is 4.90 Å². The van der Waals surface area contributed by atoms with Gasteiger partial charge in [-0.3, -0.25) is 9.59 Å². The van der Waals surface area contributed by atoms with Crippen molar-refractivity contribution in [3.8, 4) is 0 Å². The number of halogens is 1. The summed E-state index contributed by atoms with van der Waals surface area (Å²) < 4.78 is 5.77. The number of anilines is 1. The van der Waals surface area contributed by atoms with Crippen LogP contribution < -0.4 is 4.90 Å². The van der Waals surface area contributed by atoms with Crippen molar-refractivity contribution in [2.75, 3.05) is 4.90 Å². The smallest absolute Gasteiger partial charge is 0.241 e. The number of nitrogens with zero attached hydrogens (tertiary/aromatic N) is 1. The zero-order valence-corrected chi connectivity index (χ0v) is 11.5. The minimum Gasteiger partial charge on any atom is -0.362 e. The second kappa shape index (κ2) is 3.71. The van der Waals surface area contributed by atoms with E-state index in [1.807, 2.05) is 19.1 Å². The van der Waals surface area contributed by atoms with Gasteiger partial charge in [0.2, 0.25) is 11.8 Å². The third kappa shape index (κ3) is 1.35. The number of carbonyl (C=O) groups excluding carboxylic acids is 2. The van der Waals surface area contributed by atoms with Crippen LogP contribution in [0.1, 0.15) is 6.92 Å². The number of ether oxygens (including phenoxy) is 1. The van der Waals surface area contributed by atoms with Crippen LogP contribution in [0.15, 0.2) is 36.4 Å². The van der Waals surface area contributed by atoms with Gasteiger partial charge in [-0.2, -0.15) is 0 Å². The Morgan fingerprint density at radius 1 is 1.20 bits per heavy atom. The number of carbonyl (C=O) groups is 2. The fourth-order valence-corrected chi connectivity index (χ4v) is 3.62. The summed E-state index contributed by atoms with van der Waals surface area (Å²) in [6, 6.07) is 6.74. The van der Waals surface area contributed by atoms with Crippen molar-refractivity contribution < 1.29 is 14.3 Å². The topological polar surface area (TPSA) is 46.6 Å². The molecule has 3 heterocycles. The Morgan fingerprint density at radius 3 is 2.55 bits per heavy atom. The van der Waals surface area contributed by atoms with Gasteiger partial charge in [-0.1, -0.05) is 23.8 Å². The quantitative estimate of drug-likeness (QED) is 0.588. The average Bonchev–Trinajstić information content (AvgIpc) is 3.01. The highest BCUT2D eigenvalue weighted by atomic mass is 35.5. The highest BCUT2D eigenvalue weighted by Crippen LogP contribution is 2.52. The second-order valence-corrected chi connectivity index (χ2v) is 6.05. The van der Waals surface area contributed by atoms with Crippen molar-refractivity contribution in [2.45, 2.75) is 18.6 Å². The van der Waals surface area contributed by atoms with Crippen LogP contribution in [0.25, 0.3) is 0 Å². The number of fused-ring (bicyclic) bond motifs is 5.